The first-order valence-electron chi connectivity index (χ1n) is 12.9. The molecule has 9 nitrogen and oxygen atoms in total. The lowest BCUT2D eigenvalue weighted by Crippen LogP contribution is -2.66. The van der Waals surface area contributed by atoms with Crippen molar-refractivity contribution in [1.82, 2.24) is 4.90 Å². The van der Waals surface area contributed by atoms with Crippen LogP contribution in [0.15, 0.2) is 36.6 Å². The van der Waals surface area contributed by atoms with E-state index in [9.17, 15) is 14.4 Å². The third kappa shape index (κ3) is 5.86. The lowest BCUT2D eigenvalue weighted by atomic mass is 9.78. The van der Waals surface area contributed by atoms with Gasteiger partial charge in [0.2, 0.25) is 5.91 Å². The summed E-state index contributed by atoms with van der Waals surface area (Å²) in [6, 6.07) is -0.458. The number of amides is 1. The normalized spacial score (nSPS) is 26.0. The number of β-lactam (4-membered cyclic amide) rings is 1. The molecule has 0 bridgehead atoms. The molecule has 0 unspecified atom stereocenters. The van der Waals surface area contributed by atoms with Crippen molar-refractivity contribution in [2.24, 2.45) is 11.8 Å². The molecule has 3 aliphatic heterocycles. The Morgan fingerprint density at radius 1 is 1.19 bits per heavy atom. The zero-order valence-corrected chi connectivity index (χ0v) is 23.9. The summed E-state index contributed by atoms with van der Waals surface area (Å²) in [5, 5.41) is 0.0882. The van der Waals surface area contributed by atoms with Crippen molar-refractivity contribution in [1.29, 1.82) is 0 Å². The lowest BCUT2D eigenvalue weighted by Gasteiger charge is -2.47. The third-order valence-electron chi connectivity index (χ3n) is 7.89. The first-order valence-corrected chi connectivity index (χ1v) is 15.8. The molecule has 5 atom stereocenters. The average Bonchev–Trinajstić information content (AvgIpc) is 3.11. The number of rotatable bonds is 11. The van der Waals surface area contributed by atoms with Crippen LogP contribution in [0.25, 0.3) is 0 Å². The summed E-state index contributed by atoms with van der Waals surface area (Å²) >= 11 is 0. The minimum atomic E-state index is -1.94. The third-order valence-corrected chi connectivity index (χ3v) is 12.4. The van der Waals surface area contributed by atoms with Crippen molar-refractivity contribution in [3.63, 3.8) is 0 Å². The van der Waals surface area contributed by atoms with Crippen LogP contribution < -0.4 is 0 Å². The zero-order valence-electron chi connectivity index (χ0n) is 22.9. The van der Waals surface area contributed by atoms with Gasteiger partial charge in [-0.25, -0.2) is 9.59 Å². The van der Waals surface area contributed by atoms with Crippen LogP contribution in [-0.4, -0.2) is 75.9 Å². The van der Waals surface area contributed by atoms with Gasteiger partial charge in [0.15, 0.2) is 8.32 Å². The molecule has 0 N–H and O–H groups in total. The molecule has 0 aromatic rings. The van der Waals surface area contributed by atoms with E-state index >= 15 is 0 Å². The SMILES string of the molecule is C=CCOC(=O)O[C@H](C)[C@H]1C(=O)N2C(C(=O)OCC=C)=C3[C@H](CCO[Si](C)(C)C(C)(C)C)CCO[C@@H]3[C@H]12. The number of hydrogen-bond donors (Lipinski definition) is 0. The van der Waals surface area contributed by atoms with Gasteiger partial charge in [0.05, 0.1) is 12.0 Å². The van der Waals surface area contributed by atoms with Gasteiger partial charge in [0, 0.05) is 13.2 Å². The molecule has 2 saturated heterocycles. The topological polar surface area (TPSA) is 101 Å². The van der Waals surface area contributed by atoms with Crippen molar-refractivity contribution in [2.45, 2.75) is 76.9 Å². The molecular formula is C27H41NO8Si. The summed E-state index contributed by atoms with van der Waals surface area (Å²) in [6.45, 7) is 20.9. The maximum absolute atomic E-state index is 13.3. The number of fused-ring (bicyclic) bond motifs is 3. The highest BCUT2D eigenvalue weighted by Gasteiger charge is 2.64. The van der Waals surface area contributed by atoms with Crippen molar-refractivity contribution >= 4 is 26.3 Å². The van der Waals surface area contributed by atoms with Gasteiger partial charge in [-0.05, 0) is 49.4 Å². The van der Waals surface area contributed by atoms with Crippen LogP contribution in [0, 0.1) is 11.8 Å². The summed E-state index contributed by atoms with van der Waals surface area (Å²) in [7, 11) is -1.94. The van der Waals surface area contributed by atoms with E-state index < -0.39 is 44.6 Å². The maximum atomic E-state index is 13.3. The monoisotopic (exact) mass is 535 g/mol. The second-order valence-corrected chi connectivity index (χ2v) is 16.1. The molecule has 0 aliphatic carbocycles. The molecule has 37 heavy (non-hydrogen) atoms. The minimum Gasteiger partial charge on any atom is -0.457 e. The Hall–Kier alpha value is -2.43. The molecule has 10 heteroatoms. The van der Waals surface area contributed by atoms with Gasteiger partial charge in [-0.1, -0.05) is 46.1 Å². The zero-order chi connectivity index (χ0) is 27.5. The van der Waals surface area contributed by atoms with Crippen LogP contribution in [-0.2, 0) is 33.0 Å². The fourth-order valence-corrected chi connectivity index (χ4v) is 6.00. The summed E-state index contributed by atoms with van der Waals surface area (Å²) in [6.07, 6.45) is 2.23. The first-order chi connectivity index (χ1) is 17.4. The molecule has 0 saturated carbocycles. The van der Waals surface area contributed by atoms with Gasteiger partial charge < -0.3 is 23.4 Å². The highest BCUT2D eigenvalue weighted by Crippen LogP contribution is 2.51. The predicted octanol–water partition coefficient (Wildman–Crippen LogP) is 4.36. The van der Waals surface area contributed by atoms with Gasteiger partial charge in [-0.15, -0.1) is 0 Å². The minimum absolute atomic E-state index is 0.00244. The van der Waals surface area contributed by atoms with E-state index in [2.05, 4.69) is 47.0 Å². The van der Waals surface area contributed by atoms with E-state index in [1.54, 1.807) is 6.92 Å². The molecule has 0 spiro atoms. The van der Waals surface area contributed by atoms with Crippen LogP contribution in [0.4, 0.5) is 4.79 Å². The van der Waals surface area contributed by atoms with Gasteiger partial charge >= 0.3 is 12.1 Å². The van der Waals surface area contributed by atoms with Gasteiger partial charge in [0.1, 0.15) is 31.1 Å². The molecule has 0 aromatic heterocycles. The Morgan fingerprint density at radius 3 is 2.46 bits per heavy atom. The van der Waals surface area contributed by atoms with E-state index in [0.717, 1.165) is 5.57 Å². The Labute approximate surface area is 220 Å². The van der Waals surface area contributed by atoms with Crippen molar-refractivity contribution in [2.75, 3.05) is 26.4 Å². The van der Waals surface area contributed by atoms with E-state index in [1.807, 2.05) is 0 Å². The summed E-state index contributed by atoms with van der Waals surface area (Å²) in [4.78, 5) is 39.9. The quantitative estimate of drug-likeness (QED) is 0.167. The smallest absolute Gasteiger partial charge is 0.457 e. The second-order valence-electron chi connectivity index (χ2n) is 11.3. The second kappa shape index (κ2) is 11.5. The summed E-state index contributed by atoms with van der Waals surface area (Å²) < 4.78 is 28.2. The molecule has 3 aliphatic rings. The number of ether oxygens (including phenoxy) is 4. The first kappa shape index (κ1) is 29.1. The van der Waals surface area contributed by atoms with Gasteiger partial charge in [0.25, 0.3) is 0 Å². The maximum Gasteiger partial charge on any atom is 0.508 e. The van der Waals surface area contributed by atoms with Crippen LogP contribution in [0.5, 0.6) is 0 Å². The van der Waals surface area contributed by atoms with Gasteiger partial charge in [-0.2, -0.15) is 0 Å². The highest BCUT2D eigenvalue weighted by atomic mass is 28.4. The van der Waals surface area contributed by atoms with Crippen molar-refractivity contribution in [3.8, 4) is 0 Å². The van der Waals surface area contributed by atoms with E-state index in [1.165, 1.54) is 17.1 Å². The van der Waals surface area contributed by atoms with Gasteiger partial charge in [-0.3, -0.25) is 9.69 Å². The number of esters is 1. The van der Waals surface area contributed by atoms with Crippen LogP contribution in [0.3, 0.4) is 0 Å². The Kier molecular flexibility index (Phi) is 9.08. The van der Waals surface area contributed by atoms with E-state index in [4.69, 9.17) is 23.4 Å². The Morgan fingerprint density at radius 2 is 1.84 bits per heavy atom. The van der Waals surface area contributed by atoms with Crippen LogP contribution in [0.1, 0.15) is 40.5 Å². The fourth-order valence-electron chi connectivity index (χ4n) is 4.94. The van der Waals surface area contributed by atoms with E-state index in [-0.39, 0.29) is 35.8 Å². The lowest BCUT2D eigenvalue weighted by molar-refractivity contribution is -0.170. The summed E-state index contributed by atoms with van der Waals surface area (Å²) in [5.41, 5.74) is 1.03. The molecule has 1 amide bonds. The average molecular weight is 536 g/mol. The van der Waals surface area contributed by atoms with Crippen molar-refractivity contribution < 1.29 is 37.8 Å². The molecule has 3 heterocycles. The molecule has 206 valence electrons. The number of nitrogens with zero attached hydrogens (tertiary/aromatic N) is 1. The summed E-state index contributed by atoms with van der Waals surface area (Å²) in [5.74, 6) is -1.54. The standard InChI is InChI=1S/C27H41NO8Si/c1-9-13-33-25(30)22-20-18(12-16-35-37(7,8)27(4,5)6)11-15-32-23(20)21-19(24(29)28(21)22)17(3)36-26(31)34-14-10-2/h9-10,17-19,21,23H,1-2,11-16H2,3-8H3/t17-,18+,19-,21+,23+/m1/s1. The molecule has 0 radical (unpaired) electrons. The number of hydrogen-bond acceptors (Lipinski definition) is 8. The molecule has 3 rings (SSSR count). The fraction of sp³-hybridized carbons (Fsp3) is 0.667. The molecule has 2 fully saturated rings. The largest absolute Gasteiger partial charge is 0.508 e. The predicted molar refractivity (Wildman–Crippen MR) is 140 cm³/mol. The molecule has 0 aromatic carbocycles. The van der Waals surface area contributed by atoms with Crippen LogP contribution >= 0.6 is 0 Å². The Bertz CT molecular complexity index is 953. The highest BCUT2D eigenvalue weighted by molar-refractivity contribution is 6.74. The van der Waals surface area contributed by atoms with Crippen molar-refractivity contribution in [3.05, 3.63) is 36.6 Å². The molecular weight excluding hydrogens is 494 g/mol. The Balaban J connectivity index is 1.83. The number of carbonyl (C=O) groups excluding carboxylic acids is 3. The van der Waals surface area contributed by atoms with E-state index in [0.29, 0.717) is 26.1 Å². The number of carbonyl (C=O) groups is 3. The van der Waals surface area contributed by atoms with Crippen LogP contribution in [0.2, 0.25) is 18.1 Å².